The van der Waals surface area contributed by atoms with Gasteiger partial charge in [0.25, 0.3) is 11.9 Å². The Morgan fingerprint density at radius 1 is 0.947 bits per heavy atom. The predicted molar refractivity (Wildman–Crippen MR) is 65.7 cm³/mol. The van der Waals surface area contributed by atoms with E-state index in [0.29, 0.717) is 0 Å². The molecule has 106 valence electrons. The molecule has 0 aromatic carbocycles. The van der Waals surface area contributed by atoms with E-state index >= 15 is 0 Å². The fourth-order valence-electron chi connectivity index (χ4n) is 1.11. The summed E-state index contributed by atoms with van der Waals surface area (Å²) in [4.78, 5) is 44.6. The van der Waals surface area contributed by atoms with Gasteiger partial charge in [-0.2, -0.15) is 0 Å². The number of hydrogen-bond donors (Lipinski definition) is 0. The van der Waals surface area contributed by atoms with Crippen molar-refractivity contribution in [3.63, 3.8) is 0 Å². The Morgan fingerprint density at radius 2 is 1.37 bits per heavy atom. The normalized spacial score (nSPS) is 10.3. The van der Waals surface area contributed by atoms with Crippen LogP contribution in [0.15, 0.2) is 12.2 Å². The molecule has 0 amide bonds. The highest BCUT2D eigenvalue weighted by Crippen LogP contribution is 2.12. The lowest BCUT2D eigenvalue weighted by Gasteiger charge is -2.22. The van der Waals surface area contributed by atoms with Crippen LogP contribution in [0.2, 0.25) is 6.55 Å². The summed E-state index contributed by atoms with van der Waals surface area (Å²) in [5, 5.41) is 0. The predicted octanol–water partition coefficient (Wildman–Crippen LogP) is 0.760. The Hall–Kier alpha value is -1.96. The van der Waals surface area contributed by atoms with Crippen LogP contribution in [0.5, 0.6) is 0 Å². The summed E-state index contributed by atoms with van der Waals surface area (Å²) in [6.07, 6.45) is -0.555. The van der Waals surface area contributed by atoms with Gasteiger partial charge in [0.1, 0.15) is 6.42 Å². The van der Waals surface area contributed by atoms with Crippen molar-refractivity contribution in [2.24, 2.45) is 0 Å². The third kappa shape index (κ3) is 7.14. The summed E-state index contributed by atoms with van der Waals surface area (Å²) in [6, 6.07) is 0. The topological polar surface area (TPSA) is 96.0 Å². The van der Waals surface area contributed by atoms with Crippen LogP contribution in [0.25, 0.3) is 0 Å². The minimum atomic E-state index is -3.77. The number of allylic oxidation sites excluding steroid dienone is 1. The summed E-state index contributed by atoms with van der Waals surface area (Å²) in [5.41, 5.74) is 0.195. The number of Topliss-reactive ketones (excluding diaryl/α,β-unsaturated/α-hetero) is 1. The molecule has 0 aromatic heterocycles. The van der Waals surface area contributed by atoms with Crippen molar-refractivity contribution in [2.45, 2.75) is 33.7 Å². The van der Waals surface area contributed by atoms with Gasteiger partial charge in [-0.3, -0.25) is 19.2 Å². The smallest absolute Gasteiger partial charge is 0.455 e. The molecule has 7 nitrogen and oxygen atoms in total. The summed E-state index contributed by atoms with van der Waals surface area (Å²) >= 11 is 0. The van der Waals surface area contributed by atoms with Crippen molar-refractivity contribution in [3.8, 4) is 0 Å². The van der Waals surface area contributed by atoms with Gasteiger partial charge in [0.15, 0.2) is 5.78 Å². The lowest BCUT2D eigenvalue weighted by atomic mass is 10.2. The molecule has 0 saturated heterocycles. The minimum Gasteiger partial charge on any atom is -0.455 e. The zero-order valence-corrected chi connectivity index (χ0v) is 12.3. The molecule has 0 fully saturated rings. The first-order valence-corrected chi connectivity index (χ1v) is 7.58. The first-order valence-electron chi connectivity index (χ1n) is 5.35. The maximum atomic E-state index is 11.5. The number of carbonyl (C=O) groups excluding carboxylic acids is 4. The molecule has 0 spiro atoms. The second-order valence-corrected chi connectivity index (χ2v) is 6.24. The second-order valence-electron chi connectivity index (χ2n) is 3.90. The van der Waals surface area contributed by atoms with Crippen LogP contribution < -0.4 is 0 Å². The van der Waals surface area contributed by atoms with E-state index in [0.717, 1.165) is 13.8 Å². The van der Waals surface area contributed by atoms with E-state index in [1.165, 1.54) is 13.5 Å². The van der Waals surface area contributed by atoms with Gasteiger partial charge in [0.2, 0.25) is 0 Å². The third-order valence-electron chi connectivity index (χ3n) is 1.74. The molecule has 0 heterocycles. The van der Waals surface area contributed by atoms with Gasteiger partial charge < -0.3 is 13.3 Å². The average molecular weight is 288 g/mol. The molecular formula is C11H16O7Si. The fraction of sp³-hybridized carbons (Fsp3) is 0.455. The van der Waals surface area contributed by atoms with E-state index in [4.69, 9.17) is 13.3 Å². The highest BCUT2D eigenvalue weighted by Gasteiger charge is 2.46. The van der Waals surface area contributed by atoms with Crippen molar-refractivity contribution in [2.75, 3.05) is 0 Å². The van der Waals surface area contributed by atoms with Crippen LogP contribution in [-0.4, -0.2) is 32.5 Å². The van der Waals surface area contributed by atoms with E-state index in [2.05, 4.69) is 6.58 Å². The first kappa shape index (κ1) is 17.0. The Bertz CT molecular complexity index is 411. The maximum Gasteiger partial charge on any atom is 0.701 e. The summed E-state index contributed by atoms with van der Waals surface area (Å²) in [7, 11) is -3.77. The Labute approximate surface area is 111 Å². The van der Waals surface area contributed by atoms with Crippen LogP contribution in [-0.2, 0) is 32.5 Å². The van der Waals surface area contributed by atoms with Crippen LogP contribution in [0.4, 0.5) is 0 Å². The molecule has 0 aromatic rings. The van der Waals surface area contributed by atoms with Gasteiger partial charge in [0, 0.05) is 20.4 Å². The Balaban J connectivity index is 4.77. The largest absolute Gasteiger partial charge is 0.701 e. The van der Waals surface area contributed by atoms with Gasteiger partial charge in [-0.15, -0.1) is 0 Å². The molecule has 0 saturated carbocycles. The standard InChI is InChI=1S/C11H16O7Si/c1-7(2)10(14)6-11(15)18-19(5,16-8(3)12)17-9(4)13/h1,6H2,2-5H3. The third-order valence-corrected chi connectivity index (χ3v) is 3.65. The van der Waals surface area contributed by atoms with Crippen molar-refractivity contribution in [1.29, 1.82) is 0 Å². The molecule has 19 heavy (non-hydrogen) atoms. The number of carbonyl (C=O) groups is 4. The van der Waals surface area contributed by atoms with Crippen LogP contribution >= 0.6 is 0 Å². The average Bonchev–Trinajstić information content (AvgIpc) is 2.12. The molecule has 0 atom stereocenters. The Kier molecular flexibility index (Phi) is 6.13. The van der Waals surface area contributed by atoms with E-state index in [-0.39, 0.29) is 5.57 Å². The lowest BCUT2D eigenvalue weighted by molar-refractivity contribution is -0.148. The van der Waals surface area contributed by atoms with Crippen LogP contribution in [0, 0.1) is 0 Å². The maximum absolute atomic E-state index is 11.5. The molecule has 0 unspecified atom stereocenters. The molecule has 0 radical (unpaired) electrons. The SMILES string of the molecule is C=C(C)C(=O)CC(=O)O[Si](C)(OC(C)=O)OC(C)=O. The van der Waals surface area contributed by atoms with Crippen molar-refractivity contribution in [1.82, 2.24) is 0 Å². The van der Waals surface area contributed by atoms with E-state index < -0.39 is 38.9 Å². The van der Waals surface area contributed by atoms with Crippen LogP contribution in [0.1, 0.15) is 27.2 Å². The highest BCUT2D eigenvalue weighted by atomic mass is 28.4. The highest BCUT2D eigenvalue weighted by molar-refractivity contribution is 6.64. The molecular weight excluding hydrogens is 272 g/mol. The number of ketones is 1. The van der Waals surface area contributed by atoms with Crippen molar-refractivity contribution in [3.05, 3.63) is 12.2 Å². The monoisotopic (exact) mass is 288 g/mol. The van der Waals surface area contributed by atoms with Crippen LogP contribution in [0.3, 0.4) is 0 Å². The van der Waals surface area contributed by atoms with Gasteiger partial charge in [-0.25, -0.2) is 0 Å². The first-order chi connectivity index (χ1) is 8.55. The number of rotatable bonds is 6. The molecule has 0 aliphatic rings. The quantitative estimate of drug-likeness (QED) is 0.404. The molecule has 0 bridgehead atoms. The Morgan fingerprint density at radius 3 is 1.68 bits per heavy atom. The molecule has 0 aliphatic carbocycles. The fourth-order valence-corrected chi connectivity index (χ4v) is 2.76. The second kappa shape index (κ2) is 6.83. The van der Waals surface area contributed by atoms with E-state index in [9.17, 15) is 19.2 Å². The van der Waals surface area contributed by atoms with Gasteiger partial charge in [0.05, 0.1) is 0 Å². The zero-order chi connectivity index (χ0) is 15.2. The minimum absolute atomic E-state index is 0.195. The van der Waals surface area contributed by atoms with Crippen molar-refractivity contribution < 1.29 is 32.5 Å². The summed E-state index contributed by atoms with van der Waals surface area (Å²) in [6.45, 7) is 8.21. The number of hydrogen-bond acceptors (Lipinski definition) is 7. The van der Waals surface area contributed by atoms with Gasteiger partial charge in [-0.05, 0) is 12.5 Å². The lowest BCUT2D eigenvalue weighted by Crippen LogP contribution is -2.47. The van der Waals surface area contributed by atoms with Gasteiger partial charge in [-0.1, -0.05) is 6.58 Å². The van der Waals surface area contributed by atoms with E-state index in [1.807, 2.05) is 0 Å². The van der Waals surface area contributed by atoms with Crippen molar-refractivity contribution >= 4 is 32.5 Å². The summed E-state index contributed by atoms with van der Waals surface area (Å²) < 4.78 is 14.3. The zero-order valence-electron chi connectivity index (χ0n) is 11.3. The molecule has 8 heteroatoms. The molecule has 0 rings (SSSR count). The molecule has 0 N–H and O–H groups in total. The molecule has 0 aliphatic heterocycles. The van der Waals surface area contributed by atoms with E-state index in [1.54, 1.807) is 0 Å². The van der Waals surface area contributed by atoms with Gasteiger partial charge >= 0.3 is 14.8 Å². The summed E-state index contributed by atoms with van der Waals surface area (Å²) in [5.74, 6) is -2.96.